The van der Waals surface area contributed by atoms with Crippen molar-refractivity contribution in [1.82, 2.24) is 0 Å². The van der Waals surface area contributed by atoms with Gasteiger partial charge in [-0.2, -0.15) is 26.3 Å². The summed E-state index contributed by atoms with van der Waals surface area (Å²) >= 11 is 0. The normalized spacial score (nSPS) is 13.3. The summed E-state index contributed by atoms with van der Waals surface area (Å²) in [4.78, 5) is 51.9. The molecule has 0 fully saturated rings. The third kappa shape index (κ3) is 14.3. The van der Waals surface area contributed by atoms with Gasteiger partial charge in [0, 0.05) is 11.4 Å². The smallest absolute Gasteiger partial charge is 0.422 e. The first kappa shape index (κ1) is 46.6. The van der Waals surface area contributed by atoms with E-state index in [1.807, 2.05) is 0 Å². The first-order valence-electron chi connectivity index (χ1n) is 18.4. The van der Waals surface area contributed by atoms with Crippen LogP contribution in [0.15, 0.2) is 127 Å². The molecule has 5 rings (SSSR count). The number of aliphatic hydroxyl groups excluding tert-OH is 2. The van der Waals surface area contributed by atoms with E-state index in [-0.39, 0.29) is 51.1 Å². The molecule has 63 heavy (non-hydrogen) atoms. The predicted molar refractivity (Wildman–Crippen MR) is 217 cm³/mol. The molecule has 0 aromatic heterocycles. The van der Waals surface area contributed by atoms with Crippen molar-refractivity contribution in [3.05, 3.63) is 155 Å². The Morgan fingerprint density at radius 1 is 0.524 bits per heavy atom. The van der Waals surface area contributed by atoms with Gasteiger partial charge in [-0.1, -0.05) is 36.4 Å². The van der Waals surface area contributed by atoms with Crippen molar-refractivity contribution < 1.29 is 74.7 Å². The second-order valence-corrected chi connectivity index (χ2v) is 13.6. The van der Waals surface area contributed by atoms with Crippen molar-refractivity contribution in [2.45, 2.75) is 30.5 Å². The van der Waals surface area contributed by atoms with Gasteiger partial charge >= 0.3 is 24.3 Å². The molecular weight excluding hydrogens is 842 g/mol. The van der Waals surface area contributed by atoms with E-state index in [9.17, 15) is 55.7 Å². The molecule has 0 bridgehead atoms. The van der Waals surface area contributed by atoms with Crippen LogP contribution in [0.2, 0.25) is 0 Å². The number of esters is 2. The Kier molecular flexibility index (Phi) is 15.1. The molecule has 0 saturated heterocycles. The zero-order valence-electron chi connectivity index (χ0n) is 32.5. The number of nitrogens with two attached hydrogens (primary N) is 2. The number of alkyl halides is 6. The molecule has 2 atom stereocenters. The fourth-order valence-corrected chi connectivity index (χ4v) is 5.67. The zero-order valence-corrected chi connectivity index (χ0v) is 32.5. The van der Waals surface area contributed by atoms with Gasteiger partial charge < -0.3 is 40.6 Å². The van der Waals surface area contributed by atoms with Crippen LogP contribution in [0.4, 0.5) is 37.7 Å². The number of ketones is 2. The van der Waals surface area contributed by atoms with Gasteiger partial charge in [-0.25, -0.2) is 9.59 Å². The largest absolute Gasteiger partial charge is 0.484 e. The monoisotopic (exact) mass is 878 g/mol. The lowest BCUT2D eigenvalue weighted by Gasteiger charge is -2.26. The molecule has 0 radical (unpaired) electrons. The summed E-state index contributed by atoms with van der Waals surface area (Å²) in [7, 11) is 0. The Labute approximate surface area is 354 Å². The summed E-state index contributed by atoms with van der Waals surface area (Å²) in [6, 6.07) is 25.2. The SMILES string of the molecule is Nc1cc(N)cc(C(C(O)C(=O)/C=C/c2ccc(C(=O)Oc3ccc(OCC(F)(F)F)cc3)cc2)C(O)C(=O)/C=C/c2ccc(C(=O)Oc3ccc(OCC(F)(F)F)cc3)cc2)c1. The second kappa shape index (κ2) is 20.4. The maximum Gasteiger partial charge on any atom is 0.422 e. The molecule has 0 amide bonds. The van der Waals surface area contributed by atoms with E-state index in [4.69, 9.17) is 20.9 Å². The highest BCUT2D eigenvalue weighted by Gasteiger charge is 2.36. The first-order chi connectivity index (χ1) is 29.7. The van der Waals surface area contributed by atoms with Crippen molar-refractivity contribution in [3.63, 3.8) is 0 Å². The van der Waals surface area contributed by atoms with Gasteiger partial charge in [0.15, 0.2) is 24.8 Å². The Morgan fingerprint density at radius 2 is 0.857 bits per heavy atom. The molecular formula is C45H36F6N2O10. The number of halogens is 6. The number of carbonyl (C=O) groups excluding carboxylic acids is 4. The summed E-state index contributed by atoms with van der Waals surface area (Å²) in [5.41, 5.74) is 13.2. The van der Waals surface area contributed by atoms with E-state index in [2.05, 4.69) is 9.47 Å². The summed E-state index contributed by atoms with van der Waals surface area (Å²) in [6.45, 7) is -2.97. The molecule has 0 saturated carbocycles. The number of carbonyl (C=O) groups is 4. The lowest BCUT2D eigenvalue weighted by Crippen LogP contribution is -2.38. The van der Waals surface area contributed by atoms with Gasteiger partial charge in [0.1, 0.15) is 35.2 Å². The minimum atomic E-state index is -4.52. The quantitative estimate of drug-likeness (QED) is 0.0236. The standard InChI is InChI=1S/C45H36F6N2O10/c46-44(47,48)24-60-33-11-15-35(16-12-33)62-42(58)28-7-1-26(2-8-28)5-19-37(54)40(56)39(30-21-31(52)23-32(53)22-30)41(57)38(55)20-6-27-3-9-29(10-4-27)43(59)63-36-17-13-34(14-18-36)61-25-45(49,50)51/h1-23,39-41,56-57H,24-25,52-53H2/b19-5+,20-6+. The van der Waals surface area contributed by atoms with Crippen molar-refractivity contribution in [3.8, 4) is 23.0 Å². The Bertz CT molecular complexity index is 2290. The van der Waals surface area contributed by atoms with Crippen LogP contribution in [0.1, 0.15) is 43.3 Å². The predicted octanol–water partition coefficient (Wildman–Crippen LogP) is 7.54. The number of nitrogen functional groups attached to an aromatic ring is 2. The topological polar surface area (TPSA) is 198 Å². The number of anilines is 2. The number of hydrogen-bond acceptors (Lipinski definition) is 12. The number of hydrogen-bond donors (Lipinski definition) is 4. The van der Waals surface area contributed by atoms with Crippen molar-refractivity contribution in [2.75, 3.05) is 24.7 Å². The van der Waals surface area contributed by atoms with Crippen LogP contribution in [-0.4, -0.2) is 71.5 Å². The zero-order chi connectivity index (χ0) is 45.9. The van der Waals surface area contributed by atoms with Crippen LogP contribution in [0.25, 0.3) is 12.2 Å². The maximum atomic E-state index is 13.3. The van der Waals surface area contributed by atoms with E-state index in [0.717, 1.165) is 12.2 Å². The van der Waals surface area contributed by atoms with E-state index >= 15 is 0 Å². The van der Waals surface area contributed by atoms with Crippen LogP contribution < -0.4 is 30.4 Å². The number of rotatable bonds is 17. The molecule has 0 heterocycles. The average Bonchev–Trinajstić information content (AvgIpc) is 3.23. The van der Waals surface area contributed by atoms with Crippen LogP contribution in [0, 0.1) is 0 Å². The third-order valence-corrected chi connectivity index (χ3v) is 8.69. The molecule has 0 aliphatic rings. The molecule has 0 aliphatic heterocycles. The van der Waals surface area contributed by atoms with Gasteiger partial charge in [-0.3, -0.25) is 9.59 Å². The molecule has 328 valence electrons. The molecule has 5 aromatic carbocycles. The molecule has 12 nitrogen and oxygen atoms in total. The number of ether oxygens (including phenoxy) is 4. The Morgan fingerprint density at radius 3 is 1.19 bits per heavy atom. The van der Waals surface area contributed by atoms with Crippen LogP contribution in [-0.2, 0) is 9.59 Å². The highest BCUT2D eigenvalue weighted by atomic mass is 19.4. The van der Waals surface area contributed by atoms with Gasteiger partial charge in [0.25, 0.3) is 0 Å². The number of benzene rings is 5. The maximum absolute atomic E-state index is 13.3. The van der Waals surface area contributed by atoms with Crippen LogP contribution >= 0.6 is 0 Å². The lowest BCUT2D eigenvalue weighted by atomic mass is 9.83. The van der Waals surface area contributed by atoms with E-state index < -0.39 is 67.2 Å². The highest BCUT2D eigenvalue weighted by molar-refractivity contribution is 6.01. The first-order valence-corrected chi connectivity index (χ1v) is 18.4. The van der Waals surface area contributed by atoms with E-state index in [1.54, 1.807) is 0 Å². The minimum Gasteiger partial charge on any atom is -0.484 e. The fraction of sp³-hybridized carbons (Fsp3) is 0.156. The molecule has 2 unspecified atom stereocenters. The summed E-state index contributed by atoms with van der Waals surface area (Å²) in [6.07, 6.45) is -8.40. The van der Waals surface area contributed by atoms with Crippen molar-refractivity contribution in [2.24, 2.45) is 0 Å². The highest BCUT2D eigenvalue weighted by Crippen LogP contribution is 2.30. The van der Waals surface area contributed by atoms with Crippen molar-refractivity contribution >= 4 is 47.0 Å². The third-order valence-electron chi connectivity index (χ3n) is 8.69. The fourth-order valence-electron chi connectivity index (χ4n) is 5.67. The summed E-state index contributed by atoms with van der Waals surface area (Å²) in [5.74, 6) is -5.06. The molecule has 6 N–H and O–H groups in total. The van der Waals surface area contributed by atoms with Gasteiger partial charge in [-0.05, 0) is 120 Å². The minimum absolute atomic E-state index is 0.0402. The second-order valence-electron chi connectivity index (χ2n) is 13.6. The molecule has 18 heteroatoms. The van der Waals surface area contributed by atoms with Gasteiger partial charge in [0.2, 0.25) is 0 Å². The van der Waals surface area contributed by atoms with Gasteiger partial charge in [-0.15, -0.1) is 0 Å². The average molecular weight is 879 g/mol. The van der Waals surface area contributed by atoms with Crippen molar-refractivity contribution in [1.29, 1.82) is 0 Å². The van der Waals surface area contributed by atoms with E-state index in [0.29, 0.717) is 11.1 Å². The Hall–Kier alpha value is -7.44. The molecule has 5 aromatic rings. The van der Waals surface area contributed by atoms with E-state index in [1.165, 1.54) is 127 Å². The lowest BCUT2D eigenvalue weighted by molar-refractivity contribution is -0.154. The Balaban J connectivity index is 1.21. The number of aliphatic hydroxyl groups is 2. The summed E-state index contributed by atoms with van der Waals surface area (Å²) < 4.78 is 94.1. The van der Waals surface area contributed by atoms with Crippen LogP contribution in [0.5, 0.6) is 23.0 Å². The van der Waals surface area contributed by atoms with Crippen LogP contribution in [0.3, 0.4) is 0 Å². The molecule has 0 spiro atoms. The summed E-state index contributed by atoms with van der Waals surface area (Å²) in [5, 5.41) is 22.5. The van der Waals surface area contributed by atoms with Gasteiger partial charge in [0.05, 0.1) is 17.0 Å². The molecule has 0 aliphatic carbocycles.